The molecule has 25 heavy (non-hydrogen) atoms. The van der Waals surface area contributed by atoms with E-state index in [2.05, 4.69) is 4.98 Å². The van der Waals surface area contributed by atoms with Gasteiger partial charge in [0, 0.05) is 29.7 Å². The summed E-state index contributed by atoms with van der Waals surface area (Å²) in [5.41, 5.74) is 7.07. The number of nitrogens with zero attached hydrogens (tertiary/aromatic N) is 2. The lowest BCUT2D eigenvalue weighted by Crippen LogP contribution is -2.53. The molecule has 4 aliphatic carbocycles. The molecule has 1 aromatic heterocycles. The SMILES string of the molecule is NC(=O)N(CC12CC3CC(CC(C3)C1)C2)c1cccc2cnccc12. The van der Waals surface area contributed by atoms with Gasteiger partial charge in [-0.25, -0.2) is 4.79 Å². The number of hydrogen-bond acceptors (Lipinski definition) is 2. The summed E-state index contributed by atoms with van der Waals surface area (Å²) in [5, 5.41) is 2.11. The van der Waals surface area contributed by atoms with Crippen molar-refractivity contribution in [2.45, 2.75) is 38.5 Å². The molecule has 2 N–H and O–H groups in total. The molecule has 4 nitrogen and oxygen atoms in total. The van der Waals surface area contributed by atoms with Crippen molar-refractivity contribution in [3.05, 3.63) is 36.7 Å². The number of carbonyl (C=O) groups excluding carboxylic acids is 1. The van der Waals surface area contributed by atoms with E-state index in [0.29, 0.717) is 0 Å². The van der Waals surface area contributed by atoms with E-state index in [0.717, 1.165) is 40.8 Å². The molecule has 130 valence electrons. The topological polar surface area (TPSA) is 59.2 Å². The van der Waals surface area contributed by atoms with Crippen molar-refractivity contribution in [2.24, 2.45) is 28.9 Å². The van der Waals surface area contributed by atoms with E-state index in [9.17, 15) is 4.79 Å². The van der Waals surface area contributed by atoms with Crippen LogP contribution in [0.3, 0.4) is 0 Å². The quantitative estimate of drug-likeness (QED) is 0.907. The van der Waals surface area contributed by atoms with Crippen molar-refractivity contribution in [1.82, 2.24) is 4.98 Å². The van der Waals surface area contributed by atoms with Crippen LogP contribution in [0, 0.1) is 23.2 Å². The summed E-state index contributed by atoms with van der Waals surface area (Å²) in [6.45, 7) is 0.771. The number of urea groups is 1. The zero-order valence-electron chi connectivity index (χ0n) is 14.5. The fourth-order valence-corrected chi connectivity index (χ4v) is 6.44. The van der Waals surface area contributed by atoms with Gasteiger partial charge in [-0.1, -0.05) is 12.1 Å². The third-order valence-corrected chi connectivity index (χ3v) is 6.87. The Bertz CT molecular complexity index is 790. The maximum absolute atomic E-state index is 12.4. The van der Waals surface area contributed by atoms with E-state index in [4.69, 9.17) is 5.73 Å². The smallest absolute Gasteiger partial charge is 0.319 e. The van der Waals surface area contributed by atoms with Gasteiger partial charge in [0.25, 0.3) is 0 Å². The van der Waals surface area contributed by atoms with Gasteiger partial charge in [0.05, 0.1) is 5.69 Å². The van der Waals surface area contributed by atoms with Gasteiger partial charge in [0.1, 0.15) is 0 Å². The van der Waals surface area contributed by atoms with Crippen molar-refractivity contribution in [1.29, 1.82) is 0 Å². The van der Waals surface area contributed by atoms with Gasteiger partial charge in [-0.15, -0.1) is 0 Å². The summed E-state index contributed by atoms with van der Waals surface area (Å²) >= 11 is 0. The highest BCUT2D eigenvalue weighted by Crippen LogP contribution is 2.60. The highest BCUT2D eigenvalue weighted by atomic mass is 16.2. The first-order chi connectivity index (χ1) is 12.1. The van der Waals surface area contributed by atoms with Gasteiger partial charge in [-0.3, -0.25) is 9.88 Å². The number of pyridine rings is 1. The van der Waals surface area contributed by atoms with Crippen molar-refractivity contribution >= 4 is 22.5 Å². The van der Waals surface area contributed by atoms with Crippen molar-refractivity contribution < 1.29 is 4.79 Å². The van der Waals surface area contributed by atoms with Gasteiger partial charge in [-0.05, 0) is 73.8 Å². The van der Waals surface area contributed by atoms with Crippen LogP contribution in [0.25, 0.3) is 10.8 Å². The lowest BCUT2D eigenvalue weighted by molar-refractivity contribution is -0.0467. The minimum Gasteiger partial charge on any atom is -0.351 e. The molecule has 0 saturated heterocycles. The highest BCUT2D eigenvalue weighted by molar-refractivity contribution is 6.02. The molecule has 1 aromatic carbocycles. The van der Waals surface area contributed by atoms with E-state index >= 15 is 0 Å². The Balaban J connectivity index is 1.53. The maximum Gasteiger partial charge on any atom is 0.319 e. The molecular formula is C21H25N3O. The van der Waals surface area contributed by atoms with Crippen LogP contribution in [0.5, 0.6) is 0 Å². The fraction of sp³-hybridized carbons (Fsp3) is 0.524. The number of aromatic nitrogens is 1. The van der Waals surface area contributed by atoms with E-state index in [1.165, 1.54) is 38.5 Å². The Morgan fingerprint density at radius 3 is 2.44 bits per heavy atom. The Kier molecular flexibility index (Phi) is 3.31. The monoisotopic (exact) mass is 335 g/mol. The van der Waals surface area contributed by atoms with Gasteiger partial charge in [-0.2, -0.15) is 0 Å². The molecule has 0 spiro atoms. The van der Waals surface area contributed by atoms with Crippen LogP contribution in [0.15, 0.2) is 36.7 Å². The number of primary amides is 1. The van der Waals surface area contributed by atoms with Crippen LogP contribution in [0.4, 0.5) is 10.5 Å². The molecule has 4 heteroatoms. The molecule has 0 radical (unpaired) electrons. The molecule has 4 saturated carbocycles. The van der Waals surface area contributed by atoms with Gasteiger partial charge >= 0.3 is 6.03 Å². The first-order valence-electron chi connectivity index (χ1n) is 9.52. The molecule has 1 heterocycles. The van der Waals surface area contributed by atoms with Gasteiger partial charge in [0.2, 0.25) is 0 Å². The minimum absolute atomic E-state index is 0.277. The predicted octanol–water partition coefficient (Wildman–Crippen LogP) is 4.34. The van der Waals surface area contributed by atoms with Crippen molar-refractivity contribution in [3.63, 3.8) is 0 Å². The van der Waals surface area contributed by atoms with Crippen LogP contribution in [0.2, 0.25) is 0 Å². The summed E-state index contributed by atoms with van der Waals surface area (Å²) < 4.78 is 0. The Labute approximate surface area is 148 Å². The lowest BCUT2D eigenvalue weighted by Gasteiger charge is -2.57. The second-order valence-corrected chi connectivity index (χ2v) is 8.72. The van der Waals surface area contributed by atoms with E-state index in [1.807, 2.05) is 35.4 Å². The standard InChI is InChI=1S/C21H25N3O/c22-20(25)24(19-3-1-2-17-12-23-5-4-18(17)19)13-21-9-14-6-15(10-21)8-16(7-14)11-21/h1-5,12,14-16H,6-11,13H2,(H2,22,25). The van der Waals surface area contributed by atoms with Gasteiger partial charge < -0.3 is 5.73 Å². The number of nitrogens with two attached hydrogens (primary N) is 1. The molecular weight excluding hydrogens is 310 g/mol. The Morgan fingerprint density at radius 1 is 1.12 bits per heavy atom. The first-order valence-corrected chi connectivity index (χ1v) is 9.52. The molecule has 2 amide bonds. The highest BCUT2D eigenvalue weighted by Gasteiger charge is 2.51. The number of benzene rings is 1. The molecule has 0 atom stereocenters. The van der Waals surface area contributed by atoms with Crippen LogP contribution < -0.4 is 10.6 Å². The van der Waals surface area contributed by atoms with E-state index in [1.54, 1.807) is 6.20 Å². The summed E-state index contributed by atoms with van der Waals surface area (Å²) in [4.78, 5) is 18.4. The van der Waals surface area contributed by atoms with Crippen LogP contribution in [-0.2, 0) is 0 Å². The molecule has 0 aliphatic heterocycles. The Hall–Kier alpha value is -2.10. The van der Waals surface area contributed by atoms with Crippen LogP contribution in [-0.4, -0.2) is 17.6 Å². The molecule has 6 rings (SSSR count). The second-order valence-electron chi connectivity index (χ2n) is 8.72. The number of fused-ring (bicyclic) bond motifs is 1. The average molecular weight is 335 g/mol. The zero-order chi connectivity index (χ0) is 17.0. The molecule has 4 fully saturated rings. The van der Waals surface area contributed by atoms with E-state index in [-0.39, 0.29) is 11.4 Å². The molecule has 2 aromatic rings. The second kappa shape index (κ2) is 5.45. The number of rotatable bonds is 3. The molecule has 4 aliphatic rings. The van der Waals surface area contributed by atoms with Crippen molar-refractivity contribution in [3.8, 4) is 0 Å². The number of anilines is 1. The molecule has 0 unspecified atom stereocenters. The third-order valence-electron chi connectivity index (χ3n) is 6.87. The fourth-order valence-electron chi connectivity index (χ4n) is 6.44. The summed E-state index contributed by atoms with van der Waals surface area (Å²) in [6, 6.07) is 7.71. The molecule has 4 bridgehead atoms. The summed E-state index contributed by atoms with van der Waals surface area (Å²) in [7, 11) is 0. The van der Waals surface area contributed by atoms with Crippen LogP contribution in [0.1, 0.15) is 38.5 Å². The number of amides is 2. The maximum atomic E-state index is 12.4. The lowest BCUT2D eigenvalue weighted by atomic mass is 9.49. The van der Waals surface area contributed by atoms with E-state index < -0.39 is 0 Å². The number of carbonyl (C=O) groups is 1. The largest absolute Gasteiger partial charge is 0.351 e. The summed E-state index contributed by atoms with van der Waals surface area (Å²) in [6.07, 6.45) is 11.7. The Morgan fingerprint density at radius 2 is 1.80 bits per heavy atom. The normalized spacial score (nSPS) is 32.9. The predicted molar refractivity (Wildman–Crippen MR) is 99.3 cm³/mol. The van der Waals surface area contributed by atoms with Crippen molar-refractivity contribution in [2.75, 3.05) is 11.4 Å². The third kappa shape index (κ3) is 2.50. The van der Waals surface area contributed by atoms with Gasteiger partial charge in [0.15, 0.2) is 0 Å². The summed E-state index contributed by atoms with van der Waals surface area (Å²) in [5.74, 6) is 2.62. The average Bonchev–Trinajstić information content (AvgIpc) is 2.58. The number of hydrogen-bond donors (Lipinski definition) is 1. The zero-order valence-corrected chi connectivity index (χ0v) is 14.5. The van der Waals surface area contributed by atoms with Crippen LogP contribution >= 0.6 is 0 Å². The first kappa shape index (κ1) is 15.2. The minimum atomic E-state index is -0.333.